The van der Waals surface area contributed by atoms with Crippen molar-refractivity contribution in [3.63, 3.8) is 0 Å². The maximum absolute atomic E-state index is 12.1. The zero-order valence-electron chi connectivity index (χ0n) is 15.1. The highest BCUT2D eigenvalue weighted by Crippen LogP contribution is 2.24. The molecule has 0 aliphatic rings. The Balaban J connectivity index is 1.92. The van der Waals surface area contributed by atoms with E-state index >= 15 is 0 Å². The SMILES string of the molecule is COc1ccc(NC(=O)C/C(C)=N/NC(=O)c2ccc([N+](=O)[O-])c(Cl)c2)cc1. The maximum Gasteiger partial charge on any atom is 0.287 e. The molecule has 2 aromatic carbocycles. The van der Waals surface area contributed by atoms with Crippen LogP contribution < -0.4 is 15.5 Å². The van der Waals surface area contributed by atoms with Gasteiger partial charge in [0.05, 0.1) is 18.5 Å². The Labute approximate surface area is 165 Å². The van der Waals surface area contributed by atoms with Gasteiger partial charge in [-0.05, 0) is 43.3 Å². The van der Waals surface area contributed by atoms with E-state index in [4.69, 9.17) is 16.3 Å². The number of nitro groups is 1. The molecule has 0 unspecified atom stereocenters. The summed E-state index contributed by atoms with van der Waals surface area (Å²) in [4.78, 5) is 34.2. The van der Waals surface area contributed by atoms with Crippen LogP contribution in [-0.2, 0) is 4.79 Å². The van der Waals surface area contributed by atoms with Gasteiger partial charge < -0.3 is 10.1 Å². The molecule has 0 aliphatic carbocycles. The van der Waals surface area contributed by atoms with Crippen LogP contribution in [0.2, 0.25) is 5.02 Å². The summed E-state index contributed by atoms with van der Waals surface area (Å²) >= 11 is 5.78. The maximum atomic E-state index is 12.1. The number of rotatable bonds is 7. The molecule has 28 heavy (non-hydrogen) atoms. The van der Waals surface area contributed by atoms with Crippen molar-refractivity contribution < 1.29 is 19.2 Å². The van der Waals surface area contributed by atoms with Gasteiger partial charge in [-0.3, -0.25) is 19.7 Å². The second-order valence-electron chi connectivity index (χ2n) is 5.66. The molecule has 0 atom stereocenters. The van der Waals surface area contributed by atoms with Crippen LogP contribution >= 0.6 is 11.6 Å². The number of nitro benzene ring substituents is 1. The van der Waals surface area contributed by atoms with Crippen LogP contribution in [0.4, 0.5) is 11.4 Å². The number of hydrogen-bond acceptors (Lipinski definition) is 6. The van der Waals surface area contributed by atoms with Gasteiger partial charge in [0, 0.05) is 23.0 Å². The number of ether oxygens (including phenoxy) is 1. The largest absolute Gasteiger partial charge is 0.497 e. The Hall–Kier alpha value is -3.46. The van der Waals surface area contributed by atoms with E-state index < -0.39 is 10.8 Å². The summed E-state index contributed by atoms with van der Waals surface area (Å²) in [6, 6.07) is 10.4. The average molecular weight is 405 g/mol. The fourth-order valence-corrected chi connectivity index (χ4v) is 2.41. The first-order valence-electron chi connectivity index (χ1n) is 8.01. The number of benzene rings is 2. The van der Waals surface area contributed by atoms with Crippen molar-refractivity contribution in [2.45, 2.75) is 13.3 Å². The molecule has 2 rings (SSSR count). The monoisotopic (exact) mass is 404 g/mol. The van der Waals surface area contributed by atoms with E-state index in [9.17, 15) is 19.7 Å². The molecular weight excluding hydrogens is 388 g/mol. The average Bonchev–Trinajstić information content (AvgIpc) is 2.66. The Kier molecular flexibility index (Phi) is 7.05. The lowest BCUT2D eigenvalue weighted by Gasteiger charge is -2.07. The molecule has 0 fully saturated rings. The van der Waals surface area contributed by atoms with Crippen molar-refractivity contribution in [1.82, 2.24) is 5.43 Å². The Bertz CT molecular complexity index is 928. The summed E-state index contributed by atoms with van der Waals surface area (Å²) in [5.41, 5.74) is 3.06. The van der Waals surface area contributed by atoms with Gasteiger partial charge in [0.1, 0.15) is 10.8 Å². The third kappa shape index (κ3) is 5.78. The predicted molar refractivity (Wildman–Crippen MR) is 105 cm³/mol. The predicted octanol–water partition coefficient (Wildman–Crippen LogP) is 3.39. The van der Waals surface area contributed by atoms with Gasteiger partial charge in [0.15, 0.2) is 0 Å². The molecule has 0 aliphatic heterocycles. The van der Waals surface area contributed by atoms with Gasteiger partial charge in [-0.25, -0.2) is 5.43 Å². The Morgan fingerprint density at radius 1 is 1.21 bits per heavy atom. The third-order valence-electron chi connectivity index (χ3n) is 3.55. The number of hydrazone groups is 1. The molecule has 0 spiro atoms. The van der Waals surface area contributed by atoms with Gasteiger partial charge in [0.25, 0.3) is 11.6 Å². The number of nitrogens with one attached hydrogen (secondary N) is 2. The molecule has 0 saturated heterocycles. The van der Waals surface area contributed by atoms with Crippen molar-refractivity contribution in [1.29, 1.82) is 0 Å². The lowest BCUT2D eigenvalue weighted by Crippen LogP contribution is -2.21. The van der Waals surface area contributed by atoms with E-state index in [-0.39, 0.29) is 28.6 Å². The van der Waals surface area contributed by atoms with E-state index in [2.05, 4.69) is 15.8 Å². The third-order valence-corrected chi connectivity index (χ3v) is 3.85. The molecule has 0 heterocycles. The second kappa shape index (κ2) is 9.47. The summed E-state index contributed by atoms with van der Waals surface area (Å²) < 4.78 is 5.04. The highest BCUT2D eigenvalue weighted by Gasteiger charge is 2.15. The van der Waals surface area contributed by atoms with Gasteiger partial charge in [-0.1, -0.05) is 11.6 Å². The van der Waals surface area contributed by atoms with E-state index in [0.29, 0.717) is 17.1 Å². The smallest absolute Gasteiger partial charge is 0.287 e. The van der Waals surface area contributed by atoms with E-state index in [1.165, 1.54) is 12.1 Å². The minimum atomic E-state index is -0.645. The Morgan fingerprint density at radius 3 is 2.46 bits per heavy atom. The van der Waals surface area contributed by atoms with Crippen molar-refractivity contribution in [3.8, 4) is 5.75 Å². The molecule has 0 aromatic heterocycles. The lowest BCUT2D eigenvalue weighted by atomic mass is 10.2. The molecule has 2 amide bonds. The van der Waals surface area contributed by atoms with Crippen LogP contribution in [0, 0.1) is 10.1 Å². The zero-order chi connectivity index (χ0) is 20.7. The number of carbonyl (C=O) groups excluding carboxylic acids is 2. The topological polar surface area (TPSA) is 123 Å². The number of methoxy groups -OCH3 is 1. The number of halogens is 1. The molecule has 10 heteroatoms. The van der Waals surface area contributed by atoms with Crippen LogP contribution in [0.3, 0.4) is 0 Å². The first-order valence-corrected chi connectivity index (χ1v) is 8.39. The van der Waals surface area contributed by atoms with Crippen molar-refractivity contribution in [3.05, 3.63) is 63.2 Å². The summed E-state index contributed by atoms with van der Waals surface area (Å²) in [6.07, 6.45) is -0.0344. The van der Waals surface area contributed by atoms with Crippen molar-refractivity contribution >= 4 is 40.5 Å². The molecule has 9 nitrogen and oxygen atoms in total. The minimum Gasteiger partial charge on any atom is -0.497 e. The summed E-state index contributed by atoms with van der Waals surface area (Å²) in [7, 11) is 1.55. The highest BCUT2D eigenvalue weighted by molar-refractivity contribution is 6.33. The Morgan fingerprint density at radius 2 is 1.89 bits per heavy atom. The van der Waals surface area contributed by atoms with Gasteiger partial charge >= 0.3 is 0 Å². The summed E-state index contributed by atoms with van der Waals surface area (Å²) in [5.74, 6) is -0.240. The van der Waals surface area contributed by atoms with Crippen molar-refractivity contribution in [2.24, 2.45) is 5.10 Å². The molecule has 0 saturated carbocycles. The van der Waals surface area contributed by atoms with Crippen molar-refractivity contribution in [2.75, 3.05) is 12.4 Å². The summed E-state index contributed by atoms with van der Waals surface area (Å²) in [5, 5.41) is 17.1. The summed E-state index contributed by atoms with van der Waals surface area (Å²) in [6.45, 7) is 1.58. The number of anilines is 1. The second-order valence-corrected chi connectivity index (χ2v) is 6.07. The van der Waals surface area contributed by atoms with Crippen LogP contribution in [0.25, 0.3) is 0 Å². The molecule has 2 aromatic rings. The molecule has 146 valence electrons. The fourth-order valence-electron chi connectivity index (χ4n) is 2.16. The molecule has 2 N–H and O–H groups in total. The number of hydrogen-bond donors (Lipinski definition) is 2. The first kappa shape index (κ1) is 20.8. The standard InChI is InChI=1S/C18H17ClN4O5/c1-11(9-17(24)20-13-4-6-14(28-2)7-5-13)21-22-18(25)12-3-8-16(23(26)27)15(19)10-12/h3-8,10H,9H2,1-2H3,(H,20,24)(H,22,25)/b21-11+. The molecular formula is C18H17ClN4O5. The zero-order valence-corrected chi connectivity index (χ0v) is 15.8. The van der Waals surface area contributed by atoms with Crippen LogP contribution in [0.5, 0.6) is 5.75 Å². The van der Waals surface area contributed by atoms with Crippen LogP contribution in [-0.4, -0.2) is 29.6 Å². The van der Waals surface area contributed by atoms with E-state index in [1.807, 2.05) is 0 Å². The normalized spacial score (nSPS) is 10.9. The van der Waals surface area contributed by atoms with E-state index in [1.54, 1.807) is 38.3 Å². The lowest BCUT2D eigenvalue weighted by molar-refractivity contribution is -0.384. The van der Waals surface area contributed by atoms with Crippen LogP contribution in [0.1, 0.15) is 23.7 Å². The minimum absolute atomic E-state index is 0.0344. The quantitative estimate of drug-likeness (QED) is 0.416. The molecule has 0 radical (unpaired) electrons. The van der Waals surface area contributed by atoms with Gasteiger partial charge in [-0.2, -0.15) is 5.10 Å². The highest BCUT2D eigenvalue weighted by atomic mass is 35.5. The van der Waals surface area contributed by atoms with Gasteiger partial charge in [0.2, 0.25) is 5.91 Å². The number of nitrogens with zero attached hydrogens (tertiary/aromatic N) is 2. The number of amides is 2. The van der Waals surface area contributed by atoms with E-state index in [0.717, 1.165) is 6.07 Å². The fraction of sp³-hybridized carbons (Fsp3) is 0.167. The molecule has 0 bridgehead atoms. The number of carbonyl (C=O) groups is 2. The first-order chi connectivity index (χ1) is 13.3. The van der Waals surface area contributed by atoms with Gasteiger partial charge in [-0.15, -0.1) is 0 Å². The van der Waals surface area contributed by atoms with Crippen LogP contribution in [0.15, 0.2) is 47.6 Å².